The highest BCUT2D eigenvalue weighted by atomic mass is 16.4. The fourth-order valence-electron chi connectivity index (χ4n) is 4.46. The number of carboxylic acid groups (broad SMARTS) is 1. The molecular weight excluding hydrogens is 370 g/mol. The molecule has 0 spiro atoms. The summed E-state index contributed by atoms with van der Waals surface area (Å²) >= 11 is 0. The largest absolute Gasteiger partial charge is 0.508 e. The predicted octanol–water partition coefficient (Wildman–Crippen LogP) is 3.22. The van der Waals surface area contributed by atoms with E-state index < -0.39 is 11.4 Å². The molecule has 0 bridgehead atoms. The molecule has 150 valence electrons. The topological polar surface area (TPSA) is 107 Å². The van der Waals surface area contributed by atoms with Crippen LogP contribution in [-0.4, -0.2) is 49.5 Å². The van der Waals surface area contributed by atoms with Crippen LogP contribution in [-0.2, 0) is 10.2 Å². The molecule has 2 aromatic carbocycles. The van der Waals surface area contributed by atoms with Crippen LogP contribution in [0.1, 0.15) is 41.3 Å². The highest BCUT2D eigenvalue weighted by molar-refractivity contribution is 5.97. The highest BCUT2D eigenvalue weighted by Crippen LogP contribution is 2.41. The van der Waals surface area contributed by atoms with E-state index in [4.69, 9.17) is 0 Å². The number of carboxylic acids is 1. The Labute approximate surface area is 168 Å². The Morgan fingerprint density at radius 3 is 2.76 bits per heavy atom. The molecule has 1 saturated heterocycles. The second kappa shape index (κ2) is 6.92. The molecule has 29 heavy (non-hydrogen) atoms. The van der Waals surface area contributed by atoms with Gasteiger partial charge in [0.2, 0.25) is 0 Å². The number of aromatic nitrogens is 2. The third-order valence-electron chi connectivity index (χ3n) is 6.03. The first-order chi connectivity index (χ1) is 13.8. The van der Waals surface area contributed by atoms with Crippen molar-refractivity contribution in [3.63, 3.8) is 0 Å². The van der Waals surface area contributed by atoms with Gasteiger partial charge in [0.25, 0.3) is 5.91 Å². The van der Waals surface area contributed by atoms with Gasteiger partial charge in [-0.25, -0.2) is 4.98 Å². The second-order valence-corrected chi connectivity index (χ2v) is 7.82. The van der Waals surface area contributed by atoms with Crippen LogP contribution < -0.4 is 0 Å². The van der Waals surface area contributed by atoms with Gasteiger partial charge >= 0.3 is 5.97 Å². The molecule has 4 rings (SSSR count). The number of phenols is 1. The number of amides is 1. The van der Waals surface area contributed by atoms with Crippen LogP contribution in [0.15, 0.2) is 42.7 Å². The number of carbonyl (C=O) groups excluding carboxylic acids is 1. The molecule has 1 amide bonds. The third kappa shape index (κ3) is 3.12. The van der Waals surface area contributed by atoms with Crippen molar-refractivity contribution in [3.05, 3.63) is 59.4 Å². The zero-order chi connectivity index (χ0) is 20.8. The molecule has 3 N–H and O–H groups in total. The standard InChI is InChI=1S/C22H23N3O4/c1-13-3-5-16(26)10-17(13)22(21(28)29)7-8-25(14(2)11-22)20(27)15-4-6-18-19(9-15)24-12-23-18/h3-6,9-10,12,14,26H,7-8,11H2,1-2H3,(H,23,24)(H,28,29). The SMILES string of the molecule is Cc1ccc(O)cc1C1(C(=O)O)CCN(C(=O)c2ccc3nc[nH]c3c2)C(C)C1. The molecule has 1 fully saturated rings. The van der Waals surface area contributed by atoms with Gasteiger partial charge in [0.15, 0.2) is 0 Å². The van der Waals surface area contributed by atoms with Crippen molar-refractivity contribution in [3.8, 4) is 5.75 Å². The third-order valence-corrected chi connectivity index (χ3v) is 6.03. The Kier molecular flexibility index (Phi) is 4.53. The zero-order valence-corrected chi connectivity index (χ0v) is 16.3. The summed E-state index contributed by atoms with van der Waals surface area (Å²) < 4.78 is 0. The molecule has 3 aromatic rings. The van der Waals surface area contributed by atoms with E-state index in [1.807, 2.05) is 13.8 Å². The number of rotatable bonds is 3. The summed E-state index contributed by atoms with van der Waals surface area (Å²) in [5, 5.41) is 20.0. The van der Waals surface area contributed by atoms with Crippen molar-refractivity contribution >= 4 is 22.9 Å². The summed E-state index contributed by atoms with van der Waals surface area (Å²) in [6, 6.07) is 9.88. The Morgan fingerprint density at radius 1 is 1.24 bits per heavy atom. The van der Waals surface area contributed by atoms with Gasteiger partial charge in [-0.15, -0.1) is 0 Å². The van der Waals surface area contributed by atoms with E-state index in [-0.39, 0.29) is 30.5 Å². The lowest BCUT2D eigenvalue weighted by molar-refractivity contribution is -0.146. The van der Waals surface area contributed by atoms with E-state index in [9.17, 15) is 19.8 Å². The summed E-state index contributed by atoms with van der Waals surface area (Å²) in [7, 11) is 0. The molecule has 1 aromatic heterocycles. The predicted molar refractivity (Wildman–Crippen MR) is 108 cm³/mol. The molecule has 0 aliphatic carbocycles. The van der Waals surface area contributed by atoms with Gasteiger partial charge in [0, 0.05) is 18.2 Å². The summed E-state index contributed by atoms with van der Waals surface area (Å²) in [4.78, 5) is 34.4. The van der Waals surface area contributed by atoms with Crippen LogP contribution >= 0.6 is 0 Å². The number of aromatic hydroxyl groups is 1. The average Bonchev–Trinajstić information content (AvgIpc) is 3.16. The number of imidazole rings is 1. The smallest absolute Gasteiger partial charge is 0.314 e. The quantitative estimate of drug-likeness (QED) is 0.633. The number of phenolic OH excluding ortho intramolecular Hbond substituents is 1. The molecule has 0 radical (unpaired) electrons. The van der Waals surface area contributed by atoms with Crippen LogP contribution in [0.4, 0.5) is 0 Å². The first-order valence-corrected chi connectivity index (χ1v) is 9.59. The van der Waals surface area contributed by atoms with Gasteiger partial charge in [0.05, 0.1) is 22.8 Å². The fraction of sp³-hybridized carbons (Fsp3) is 0.318. The van der Waals surface area contributed by atoms with Gasteiger partial charge in [-0.2, -0.15) is 0 Å². The number of nitrogens with one attached hydrogen (secondary N) is 1. The van der Waals surface area contributed by atoms with E-state index >= 15 is 0 Å². The molecule has 2 heterocycles. The highest BCUT2D eigenvalue weighted by Gasteiger charge is 2.47. The molecule has 7 heteroatoms. The minimum Gasteiger partial charge on any atom is -0.508 e. The zero-order valence-electron chi connectivity index (χ0n) is 16.3. The maximum atomic E-state index is 13.1. The van der Waals surface area contributed by atoms with Crippen molar-refractivity contribution in [2.24, 2.45) is 0 Å². The van der Waals surface area contributed by atoms with E-state index in [0.717, 1.165) is 16.6 Å². The Balaban J connectivity index is 1.64. The van der Waals surface area contributed by atoms with Gasteiger partial charge in [0.1, 0.15) is 5.75 Å². The first kappa shape index (κ1) is 19.0. The van der Waals surface area contributed by atoms with Crippen molar-refractivity contribution in [2.45, 2.75) is 38.1 Å². The number of fused-ring (bicyclic) bond motifs is 1. The number of H-pyrrole nitrogens is 1. The minimum atomic E-state index is -1.13. The molecular formula is C22H23N3O4. The van der Waals surface area contributed by atoms with Gasteiger partial charge in [-0.1, -0.05) is 6.07 Å². The van der Waals surface area contributed by atoms with Crippen LogP contribution in [0.5, 0.6) is 5.75 Å². The molecule has 2 atom stereocenters. The molecule has 1 aliphatic rings. The van der Waals surface area contributed by atoms with Crippen LogP contribution in [0.25, 0.3) is 11.0 Å². The number of hydrogen-bond acceptors (Lipinski definition) is 4. The van der Waals surface area contributed by atoms with Crippen molar-refractivity contribution in [1.29, 1.82) is 0 Å². The fourth-order valence-corrected chi connectivity index (χ4v) is 4.46. The van der Waals surface area contributed by atoms with Crippen LogP contribution in [0.3, 0.4) is 0 Å². The molecule has 0 saturated carbocycles. The number of aliphatic carboxylic acids is 1. The molecule has 7 nitrogen and oxygen atoms in total. The van der Waals surface area contributed by atoms with E-state index in [1.54, 1.807) is 47.6 Å². The summed E-state index contributed by atoms with van der Waals surface area (Å²) in [6.07, 6.45) is 2.15. The maximum Gasteiger partial charge on any atom is 0.314 e. The summed E-state index contributed by atoms with van der Waals surface area (Å²) in [5.74, 6) is -1.00. The van der Waals surface area contributed by atoms with Crippen molar-refractivity contribution < 1.29 is 19.8 Å². The number of hydrogen-bond donors (Lipinski definition) is 3. The van der Waals surface area contributed by atoms with E-state index in [2.05, 4.69) is 9.97 Å². The minimum absolute atomic E-state index is 0.0465. The van der Waals surface area contributed by atoms with Gasteiger partial charge in [-0.3, -0.25) is 9.59 Å². The van der Waals surface area contributed by atoms with Gasteiger partial charge < -0.3 is 20.1 Å². The Morgan fingerprint density at radius 2 is 2.03 bits per heavy atom. The Bertz CT molecular complexity index is 1110. The summed E-state index contributed by atoms with van der Waals surface area (Å²) in [6.45, 7) is 4.05. The van der Waals surface area contributed by atoms with Crippen LogP contribution in [0.2, 0.25) is 0 Å². The van der Waals surface area contributed by atoms with Crippen molar-refractivity contribution in [2.75, 3.05) is 6.54 Å². The number of aromatic amines is 1. The first-order valence-electron chi connectivity index (χ1n) is 9.59. The lowest BCUT2D eigenvalue weighted by atomic mass is 9.69. The summed E-state index contributed by atoms with van der Waals surface area (Å²) in [5.41, 5.74) is 2.43. The molecule has 2 unspecified atom stereocenters. The number of piperidine rings is 1. The lowest BCUT2D eigenvalue weighted by Gasteiger charge is -2.44. The second-order valence-electron chi connectivity index (χ2n) is 7.82. The monoisotopic (exact) mass is 393 g/mol. The number of likely N-dealkylation sites (tertiary alicyclic amines) is 1. The lowest BCUT2D eigenvalue weighted by Crippen LogP contribution is -2.53. The number of aryl methyl sites for hydroxylation is 1. The number of benzene rings is 2. The number of nitrogens with zero attached hydrogens (tertiary/aromatic N) is 2. The number of carbonyl (C=O) groups is 2. The van der Waals surface area contributed by atoms with Crippen LogP contribution in [0, 0.1) is 6.92 Å². The molecule has 1 aliphatic heterocycles. The normalized spacial score (nSPS) is 22.0. The van der Waals surface area contributed by atoms with E-state index in [0.29, 0.717) is 17.7 Å². The maximum absolute atomic E-state index is 13.1. The average molecular weight is 393 g/mol. The van der Waals surface area contributed by atoms with Gasteiger partial charge in [-0.05, 0) is 68.1 Å². The van der Waals surface area contributed by atoms with E-state index in [1.165, 1.54) is 0 Å². The Hall–Kier alpha value is -3.35. The van der Waals surface area contributed by atoms with Crippen molar-refractivity contribution in [1.82, 2.24) is 14.9 Å².